The first-order valence-corrected chi connectivity index (χ1v) is 6.69. The molecule has 2 N–H and O–H groups in total. The fourth-order valence-electron chi connectivity index (χ4n) is 1.73. The molecule has 2 nitrogen and oxygen atoms in total. The number of nitrogens with two attached hydrogens (primary N) is 1. The summed E-state index contributed by atoms with van der Waals surface area (Å²) >= 11 is 7.53. The second kappa shape index (κ2) is 4.77. The van der Waals surface area contributed by atoms with E-state index in [1.54, 1.807) is 11.3 Å². The zero-order valence-corrected chi connectivity index (χ0v) is 11.5. The van der Waals surface area contributed by atoms with Crippen molar-refractivity contribution in [2.75, 3.05) is 0 Å². The van der Waals surface area contributed by atoms with Gasteiger partial charge in [-0.1, -0.05) is 23.7 Å². The van der Waals surface area contributed by atoms with Crippen LogP contribution in [0.15, 0.2) is 29.6 Å². The van der Waals surface area contributed by atoms with Crippen LogP contribution >= 0.6 is 22.9 Å². The number of rotatable bonds is 3. The lowest BCUT2D eigenvalue weighted by Crippen LogP contribution is -2.35. The van der Waals surface area contributed by atoms with Gasteiger partial charge in [-0.15, -0.1) is 11.3 Å². The van der Waals surface area contributed by atoms with Crippen LogP contribution in [-0.4, -0.2) is 4.98 Å². The molecule has 0 bridgehead atoms. The molecular weight excluding hydrogens is 252 g/mol. The van der Waals surface area contributed by atoms with E-state index in [4.69, 9.17) is 17.3 Å². The highest BCUT2D eigenvalue weighted by Gasteiger charge is 2.23. The Labute approximate surface area is 110 Å². The quantitative estimate of drug-likeness (QED) is 0.923. The van der Waals surface area contributed by atoms with E-state index in [0.29, 0.717) is 0 Å². The van der Waals surface area contributed by atoms with Gasteiger partial charge in [0.15, 0.2) is 0 Å². The number of hydrogen-bond acceptors (Lipinski definition) is 3. The van der Waals surface area contributed by atoms with E-state index >= 15 is 0 Å². The van der Waals surface area contributed by atoms with Gasteiger partial charge in [0, 0.05) is 28.1 Å². The molecule has 1 heterocycles. The highest BCUT2D eigenvalue weighted by Crippen LogP contribution is 2.25. The van der Waals surface area contributed by atoms with Gasteiger partial charge in [-0.3, -0.25) is 0 Å². The summed E-state index contributed by atoms with van der Waals surface area (Å²) in [5.74, 6) is 0. The number of halogens is 1. The summed E-state index contributed by atoms with van der Waals surface area (Å²) in [5, 5.41) is 3.85. The van der Waals surface area contributed by atoms with Crippen LogP contribution in [0.25, 0.3) is 0 Å². The molecule has 0 aliphatic heterocycles. The molecule has 1 atom stereocenters. The van der Waals surface area contributed by atoms with Crippen molar-refractivity contribution < 1.29 is 0 Å². The minimum Gasteiger partial charge on any atom is -0.321 e. The van der Waals surface area contributed by atoms with Crippen molar-refractivity contribution in [3.63, 3.8) is 0 Å². The summed E-state index contributed by atoms with van der Waals surface area (Å²) in [6, 6.07) is 7.69. The summed E-state index contributed by atoms with van der Waals surface area (Å²) in [6.07, 6.45) is 0.743. The van der Waals surface area contributed by atoms with Gasteiger partial charge in [0.2, 0.25) is 0 Å². The van der Waals surface area contributed by atoms with Crippen molar-refractivity contribution in [2.45, 2.75) is 25.8 Å². The molecule has 1 unspecified atom stereocenters. The van der Waals surface area contributed by atoms with Gasteiger partial charge >= 0.3 is 0 Å². The first kappa shape index (κ1) is 12.6. The van der Waals surface area contributed by atoms with Gasteiger partial charge in [-0.25, -0.2) is 4.98 Å². The zero-order valence-electron chi connectivity index (χ0n) is 9.90. The molecule has 0 spiro atoms. The van der Waals surface area contributed by atoms with Crippen molar-refractivity contribution in [2.24, 2.45) is 5.73 Å². The highest BCUT2D eigenvalue weighted by molar-refractivity contribution is 7.09. The monoisotopic (exact) mass is 266 g/mol. The van der Waals surface area contributed by atoms with Gasteiger partial charge < -0.3 is 5.73 Å². The van der Waals surface area contributed by atoms with Crippen LogP contribution < -0.4 is 5.73 Å². The number of nitrogens with zero attached hydrogens (tertiary/aromatic N) is 1. The van der Waals surface area contributed by atoms with Crippen molar-refractivity contribution >= 4 is 22.9 Å². The maximum absolute atomic E-state index is 6.35. The molecule has 1 aromatic carbocycles. The van der Waals surface area contributed by atoms with Gasteiger partial charge in [-0.05, 0) is 31.5 Å². The molecule has 90 valence electrons. The first-order valence-electron chi connectivity index (χ1n) is 5.43. The Balaban J connectivity index is 2.21. The third kappa shape index (κ3) is 3.06. The molecule has 0 radical (unpaired) electrons. The fourth-order valence-corrected chi connectivity index (χ4v) is 2.80. The van der Waals surface area contributed by atoms with E-state index in [0.717, 1.165) is 27.7 Å². The van der Waals surface area contributed by atoms with E-state index in [1.807, 2.05) is 43.5 Å². The Morgan fingerprint density at radius 2 is 2.00 bits per heavy atom. The Hall–Kier alpha value is -0.900. The Kier molecular flexibility index (Phi) is 3.52. The number of benzene rings is 1. The molecule has 17 heavy (non-hydrogen) atoms. The number of thiazole rings is 1. The van der Waals surface area contributed by atoms with E-state index in [-0.39, 0.29) is 0 Å². The van der Waals surface area contributed by atoms with Crippen LogP contribution in [0.3, 0.4) is 0 Å². The predicted molar refractivity (Wildman–Crippen MR) is 73.5 cm³/mol. The SMILES string of the molecule is Cc1csc(CC(C)(N)c2ccc(Cl)cc2)n1. The minimum atomic E-state index is -0.408. The lowest BCUT2D eigenvalue weighted by atomic mass is 9.90. The number of aromatic nitrogens is 1. The molecule has 0 fully saturated rings. The van der Waals surface area contributed by atoms with Gasteiger partial charge in [0.05, 0.1) is 5.01 Å². The Bertz CT molecular complexity index is 502. The zero-order chi connectivity index (χ0) is 12.5. The fraction of sp³-hybridized carbons (Fsp3) is 0.308. The maximum atomic E-state index is 6.35. The van der Waals surface area contributed by atoms with Crippen molar-refractivity contribution in [1.29, 1.82) is 0 Å². The average Bonchev–Trinajstić information content (AvgIpc) is 2.63. The number of hydrogen-bond donors (Lipinski definition) is 1. The summed E-state index contributed by atoms with van der Waals surface area (Å²) in [5.41, 5.74) is 8.08. The third-order valence-electron chi connectivity index (χ3n) is 2.69. The average molecular weight is 267 g/mol. The minimum absolute atomic E-state index is 0.408. The van der Waals surface area contributed by atoms with Crippen LogP contribution in [0.4, 0.5) is 0 Å². The molecule has 1 aromatic heterocycles. The summed E-state index contributed by atoms with van der Waals surface area (Å²) in [7, 11) is 0. The second-order valence-corrected chi connectivity index (χ2v) is 5.86. The molecule has 0 aliphatic carbocycles. The van der Waals surface area contributed by atoms with E-state index in [1.165, 1.54) is 0 Å². The first-order chi connectivity index (χ1) is 7.97. The van der Waals surface area contributed by atoms with Crippen LogP contribution in [0.2, 0.25) is 5.02 Å². The van der Waals surface area contributed by atoms with E-state index < -0.39 is 5.54 Å². The van der Waals surface area contributed by atoms with Crippen molar-refractivity contribution in [3.8, 4) is 0 Å². The molecule has 4 heteroatoms. The molecule has 0 saturated heterocycles. The van der Waals surface area contributed by atoms with Crippen LogP contribution in [0.1, 0.15) is 23.2 Å². The lowest BCUT2D eigenvalue weighted by Gasteiger charge is -2.24. The van der Waals surface area contributed by atoms with E-state index in [9.17, 15) is 0 Å². The van der Waals surface area contributed by atoms with Crippen LogP contribution in [0.5, 0.6) is 0 Å². The Morgan fingerprint density at radius 1 is 1.35 bits per heavy atom. The maximum Gasteiger partial charge on any atom is 0.0949 e. The van der Waals surface area contributed by atoms with Crippen LogP contribution in [0, 0.1) is 6.92 Å². The smallest absolute Gasteiger partial charge is 0.0949 e. The molecule has 2 rings (SSSR count). The topological polar surface area (TPSA) is 38.9 Å². The van der Waals surface area contributed by atoms with Crippen molar-refractivity contribution in [1.82, 2.24) is 4.98 Å². The molecular formula is C13H15ClN2S. The number of aryl methyl sites for hydroxylation is 1. The normalized spacial score (nSPS) is 14.6. The van der Waals surface area contributed by atoms with Crippen LogP contribution in [-0.2, 0) is 12.0 Å². The summed E-state index contributed by atoms with van der Waals surface area (Å²) in [4.78, 5) is 4.45. The van der Waals surface area contributed by atoms with Gasteiger partial charge in [0.25, 0.3) is 0 Å². The standard InChI is InChI=1S/C13H15ClN2S/c1-9-8-17-12(16-9)7-13(2,15)10-3-5-11(14)6-4-10/h3-6,8H,7,15H2,1-2H3. The largest absolute Gasteiger partial charge is 0.321 e. The third-order valence-corrected chi connectivity index (χ3v) is 3.91. The summed E-state index contributed by atoms with van der Waals surface area (Å²) in [6.45, 7) is 4.02. The Morgan fingerprint density at radius 3 is 2.53 bits per heavy atom. The van der Waals surface area contributed by atoms with E-state index in [2.05, 4.69) is 4.98 Å². The van der Waals surface area contributed by atoms with Gasteiger partial charge in [0.1, 0.15) is 0 Å². The molecule has 0 amide bonds. The highest BCUT2D eigenvalue weighted by atomic mass is 35.5. The molecule has 0 saturated carbocycles. The molecule has 2 aromatic rings. The lowest BCUT2D eigenvalue weighted by molar-refractivity contribution is 0.490. The molecule has 0 aliphatic rings. The van der Waals surface area contributed by atoms with Crippen molar-refractivity contribution in [3.05, 3.63) is 50.9 Å². The summed E-state index contributed by atoms with van der Waals surface area (Å²) < 4.78 is 0. The second-order valence-electron chi connectivity index (χ2n) is 4.48. The predicted octanol–water partition coefficient (Wildman–Crippen LogP) is 3.52. The van der Waals surface area contributed by atoms with Gasteiger partial charge in [-0.2, -0.15) is 0 Å².